The molecule has 1 rings (SSSR count). The maximum atomic E-state index is 10.7. The molecule has 13 heavy (non-hydrogen) atoms. The monoisotopic (exact) mass is 197 g/mol. The summed E-state index contributed by atoms with van der Waals surface area (Å²) in [5.74, 6) is 0. The zero-order valence-electron chi connectivity index (χ0n) is 8.06. The molecule has 0 aliphatic carbocycles. The Morgan fingerprint density at radius 3 is 2.62 bits per heavy atom. The summed E-state index contributed by atoms with van der Waals surface area (Å²) in [5.41, 5.74) is 0. The van der Waals surface area contributed by atoms with Gasteiger partial charge in [-0.15, -0.1) is 11.8 Å². The van der Waals surface area contributed by atoms with Crippen LogP contribution in [0.15, 0.2) is 29.4 Å². The summed E-state index contributed by atoms with van der Waals surface area (Å²) in [6, 6.07) is 3.73. The van der Waals surface area contributed by atoms with Crippen molar-refractivity contribution in [1.29, 1.82) is 0 Å². The molecule has 1 aromatic heterocycles. The molecule has 0 spiro atoms. The van der Waals surface area contributed by atoms with E-state index in [-0.39, 0.29) is 0 Å². The minimum absolute atomic E-state index is 0.632. The molecule has 1 atom stereocenters. The van der Waals surface area contributed by atoms with Crippen molar-refractivity contribution in [3.8, 4) is 0 Å². The summed E-state index contributed by atoms with van der Waals surface area (Å²) in [5, 5.41) is 11.4. The average Bonchev–Trinajstić information content (AvgIpc) is 2.09. The van der Waals surface area contributed by atoms with E-state index >= 15 is 0 Å². The van der Waals surface area contributed by atoms with E-state index in [4.69, 9.17) is 0 Å². The molecule has 1 unspecified atom stereocenters. The second-order valence-electron chi connectivity index (χ2n) is 3.11. The molecular weight excluding hydrogens is 182 g/mol. The van der Waals surface area contributed by atoms with Gasteiger partial charge in [-0.3, -0.25) is 0 Å². The van der Waals surface area contributed by atoms with Crippen molar-refractivity contribution in [1.82, 2.24) is 0 Å². The standard InChI is InChI=1S/C10H15NOS/c1-3-4-9(2)13-10-5-7-11(12)8-6-10/h5-9H,3-4H2,1-2H3. The first-order valence-corrected chi connectivity index (χ1v) is 5.46. The van der Waals surface area contributed by atoms with Crippen LogP contribution in [-0.2, 0) is 0 Å². The largest absolute Gasteiger partial charge is 0.619 e. The maximum absolute atomic E-state index is 10.7. The van der Waals surface area contributed by atoms with Crippen molar-refractivity contribution in [2.75, 3.05) is 0 Å². The third-order valence-electron chi connectivity index (χ3n) is 1.80. The van der Waals surface area contributed by atoms with Crippen LogP contribution in [0, 0.1) is 5.21 Å². The third-order valence-corrected chi connectivity index (χ3v) is 2.99. The first-order valence-electron chi connectivity index (χ1n) is 4.58. The fourth-order valence-electron chi connectivity index (χ4n) is 1.18. The Hall–Kier alpha value is -0.700. The van der Waals surface area contributed by atoms with E-state index in [2.05, 4.69) is 13.8 Å². The number of thioether (sulfide) groups is 1. The molecule has 3 heteroatoms. The number of aromatic nitrogens is 1. The van der Waals surface area contributed by atoms with Crippen LogP contribution in [0.2, 0.25) is 0 Å². The summed E-state index contributed by atoms with van der Waals surface area (Å²) < 4.78 is 0.814. The number of pyridine rings is 1. The van der Waals surface area contributed by atoms with Gasteiger partial charge in [0.25, 0.3) is 0 Å². The predicted molar refractivity (Wildman–Crippen MR) is 55.6 cm³/mol. The number of hydrogen-bond acceptors (Lipinski definition) is 2. The Labute approximate surface area is 83.6 Å². The highest BCUT2D eigenvalue weighted by molar-refractivity contribution is 7.99. The van der Waals surface area contributed by atoms with Gasteiger partial charge >= 0.3 is 0 Å². The van der Waals surface area contributed by atoms with E-state index in [9.17, 15) is 5.21 Å². The number of hydrogen-bond donors (Lipinski definition) is 0. The van der Waals surface area contributed by atoms with Gasteiger partial charge in [-0.05, 0) is 6.42 Å². The van der Waals surface area contributed by atoms with Gasteiger partial charge in [-0.2, -0.15) is 4.73 Å². The molecule has 1 aromatic rings. The van der Waals surface area contributed by atoms with Crippen LogP contribution in [0.5, 0.6) is 0 Å². The lowest BCUT2D eigenvalue weighted by Crippen LogP contribution is -2.23. The summed E-state index contributed by atoms with van der Waals surface area (Å²) in [6.07, 6.45) is 5.52. The smallest absolute Gasteiger partial charge is 0.181 e. The van der Waals surface area contributed by atoms with Crippen LogP contribution in [0.1, 0.15) is 26.7 Å². The first-order chi connectivity index (χ1) is 6.22. The molecule has 0 radical (unpaired) electrons. The van der Waals surface area contributed by atoms with Crippen LogP contribution in [0.4, 0.5) is 0 Å². The minimum atomic E-state index is 0.632. The number of rotatable bonds is 4. The zero-order valence-corrected chi connectivity index (χ0v) is 8.88. The molecule has 2 nitrogen and oxygen atoms in total. The SMILES string of the molecule is CCCC(C)Sc1cc[n+]([O-])cc1. The second-order valence-corrected chi connectivity index (χ2v) is 4.62. The Morgan fingerprint density at radius 1 is 1.46 bits per heavy atom. The molecular formula is C10H15NOS. The van der Waals surface area contributed by atoms with E-state index in [1.807, 2.05) is 23.9 Å². The Balaban J connectivity index is 2.49. The van der Waals surface area contributed by atoms with Crippen molar-refractivity contribution < 1.29 is 4.73 Å². The third kappa shape index (κ3) is 3.68. The van der Waals surface area contributed by atoms with E-state index < -0.39 is 0 Å². The molecule has 72 valence electrons. The highest BCUT2D eigenvalue weighted by Crippen LogP contribution is 2.24. The summed E-state index contributed by atoms with van der Waals surface area (Å²) in [6.45, 7) is 4.40. The quantitative estimate of drug-likeness (QED) is 0.421. The predicted octanol–water partition coefficient (Wildman–Crippen LogP) is 2.60. The fourth-order valence-corrected chi connectivity index (χ4v) is 2.27. The van der Waals surface area contributed by atoms with Gasteiger partial charge < -0.3 is 5.21 Å². The maximum Gasteiger partial charge on any atom is 0.181 e. The minimum Gasteiger partial charge on any atom is -0.619 e. The fraction of sp³-hybridized carbons (Fsp3) is 0.500. The van der Waals surface area contributed by atoms with E-state index in [0.717, 1.165) is 4.73 Å². The molecule has 0 aliphatic heterocycles. The first kappa shape index (κ1) is 10.4. The molecule has 0 saturated carbocycles. The van der Waals surface area contributed by atoms with Crippen LogP contribution < -0.4 is 4.73 Å². The lowest BCUT2D eigenvalue weighted by atomic mass is 10.3. The number of nitrogens with zero attached hydrogens (tertiary/aromatic N) is 1. The van der Waals surface area contributed by atoms with Crippen LogP contribution in [0.3, 0.4) is 0 Å². The highest BCUT2D eigenvalue weighted by Gasteiger charge is 2.03. The molecule has 0 saturated heterocycles. The van der Waals surface area contributed by atoms with E-state index in [0.29, 0.717) is 5.25 Å². The lowest BCUT2D eigenvalue weighted by Gasteiger charge is -2.08. The molecule has 0 N–H and O–H groups in total. The van der Waals surface area contributed by atoms with Crippen molar-refractivity contribution >= 4 is 11.8 Å². The highest BCUT2D eigenvalue weighted by atomic mass is 32.2. The summed E-state index contributed by atoms with van der Waals surface area (Å²) in [7, 11) is 0. The molecule has 1 heterocycles. The van der Waals surface area contributed by atoms with E-state index in [1.54, 1.807) is 12.4 Å². The van der Waals surface area contributed by atoms with Gasteiger partial charge in [-0.1, -0.05) is 20.3 Å². The molecule has 0 amide bonds. The van der Waals surface area contributed by atoms with Gasteiger partial charge in [0.2, 0.25) is 0 Å². The zero-order chi connectivity index (χ0) is 9.68. The Bertz CT molecular complexity index is 248. The Kier molecular flexibility index (Phi) is 4.09. The Morgan fingerprint density at radius 2 is 2.08 bits per heavy atom. The van der Waals surface area contributed by atoms with Gasteiger partial charge in [0.05, 0.1) is 0 Å². The van der Waals surface area contributed by atoms with Crippen molar-refractivity contribution in [3.63, 3.8) is 0 Å². The average molecular weight is 197 g/mol. The normalized spacial score (nSPS) is 12.8. The lowest BCUT2D eigenvalue weighted by molar-refractivity contribution is -0.605. The molecule has 0 bridgehead atoms. The van der Waals surface area contributed by atoms with Crippen molar-refractivity contribution in [2.24, 2.45) is 0 Å². The van der Waals surface area contributed by atoms with Crippen molar-refractivity contribution in [2.45, 2.75) is 36.8 Å². The second kappa shape index (κ2) is 5.12. The van der Waals surface area contributed by atoms with Crippen LogP contribution in [0.25, 0.3) is 0 Å². The van der Waals surface area contributed by atoms with Gasteiger partial charge in [0.15, 0.2) is 12.4 Å². The van der Waals surface area contributed by atoms with Gasteiger partial charge in [0, 0.05) is 22.3 Å². The molecule has 0 fully saturated rings. The molecule has 0 aromatic carbocycles. The summed E-state index contributed by atoms with van der Waals surface area (Å²) >= 11 is 1.82. The molecule has 0 aliphatic rings. The van der Waals surface area contributed by atoms with Crippen LogP contribution >= 0.6 is 11.8 Å². The summed E-state index contributed by atoms with van der Waals surface area (Å²) in [4.78, 5) is 1.17. The van der Waals surface area contributed by atoms with Gasteiger partial charge in [0.1, 0.15) is 0 Å². The van der Waals surface area contributed by atoms with E-state index in [1.165, 1.54) is 17.7 Å². The van der Waals surface area contributed by atoms with Crippen LogP contribution in [-0.4, -0.2) is 5.25 Å². The van der Waals surface area contributed by atoms with Gasteiger partial charge in [-0.25, -0.2) is 0 Å². The topological polar surface area (TPSA) is 26.9 Å². The van der Waals surface area contributed by atoms with Crippen molar-refractivity contribution in [3.05, 3.63) is 29.7 Å².